The van der Waals surface area contributed by atoms with Crippen LogP contribution in [-0.4, -0.2) is 31.7 Å². The van der Waals surface area contributed by atoms with E-state index in [4.69, 9.17) is 9.47 Å². The average molecular weight is 346 g/mol. The lowest BCUT2D eigenvalue weighted by molar-refractivity contribution is 0.0987. The first-order valence-corrected chi connectivity index (χ1v) is 8.86. The lowest BCUT2D eigenvalue weighted by Crippen LogP contribution is -2.35. The summed E-state index contributed by atoms with van der Waals surface area (Å²) in [6.45, 7) is 4.51. The van der Waals surface area contributed by atoms with Crippen LogP contribution in [0.15, 0.2) is 18.2 Å². The Morgan fingerprint density at radius 3 is 2.88 bits per heavy atom. The number of para-hydroxylation sites is 1. The fourth-order valence-corrected chi connectivity index (χ4v) is 4.04. The number of carbonyl (C=O) groups excluding carboxylic acids is 1. The predicted octanol–water partition coefficient (Wildman–Crippen LogP) is 3.76. The molecule has 128 valence electrons. The molecule has 1 atom stereocenters. The molecular weight excluding hydrogens is 324 g/mol. The van der Waals surface area contributed by atoms with Crippen molar-refractivity contribution in [3.63, 3.8) is 0 Å². The van der Waals surface area contributed by atoms with Gasteiger partial charge in [0, 0.05) is 13.7 Å². The van der Waals surface area contributed by atoms with Crippen molar-refractivity contribution in [3.05, 3.63) is 39.3 Å². The molecule has 1 aromatic carbocycles. The number of methoxy groups -OCH3 is 2. The highest BCUT2D eigenvalue weighted by atomic mass is 32.1. The first-order valence-electron chi connectivity index (χ1n) is 8.04. The molecule has 0 bridgehead atoms. The molecule has 1 aliphatic rings. The third kappa shape index (κ3) is 2.91. The average Bonchev–Trinajstić information content (AvgIpc) is 3.01. The molecule has 24 heavy (non-hydrogen) atoms. The Labute approximate surface area is 146 Å². The maximum atomic E-state index is 13.2. The molecule has 0 radical (unpaired) electrons. The summed E-state index contributed by atoms with van der Waals surface area (Å²) < 4.78 is 10.8. The van der Waals surface area contributed by atoms with Crippen LogP contribution in [0.25, 0.3) is 0 Å². The van der Waals surface area contributed by atoms with Gasteiger partial charge in [0.25, 0.3) is 5.91 Å². The highest BCUT2D eigenvalue weighted by molar-refractivity contribution is 7.14. The van der Waals surface area contributed by atoms with Gasteiger partial charge in [-0.05, 0) is 38.3 Å². The molecule has 5 nitrogen and oxygen atoms in total. The monoisotopic (exact) mass is 346 g/mol. The van der Waals surface area contributed by atoms with Gasteiger partial charge in [0.15, 0.2) is 0 Å². The zero-order valence-corrected chi connectivity index (χ0v) is 15.3. The second-order valence-corrected chi connectivity index (χ2v) is 6.90. The minimum Gasteiger partial charge on any atom is -0.495 e. The van der Waals surface area contributed by atoms with Crippen LogP contribution in [0, 0.1) is 6.92 Å². The second-order valence-electron chi connectivity index (χ2n) is 5.87. The van der Waals surface area contributed by atoms with E-state index < -0.39 is 0 Å². The van der Waals surface area contributed by atoms with Crippen LogP contribution in [0.5, 0.6) is 5.75 Å². The molecule has 1 amide bonds. The minimum atomic E-state index is -0.113. The van der Waals surface area contributed by atoms with Crippen LogP contribution < -0.4 is 9.64 Å². The van der Waals surface area contributed by atoms with Gasteiger partial charge < -0.3 is 14.4 Å². The van der Waals surface area contributed by atoms with Gasteiger partial charge in [0.1, 0.15) is 21.7 Å². The molecule has 0 N–H and O–H groups in total. The standard InChI is InChI=1S/C18H22N2O3S/c1-11-16(24-17(19-11)12(2)22-3)18(21)20-10-6-8-13-7-5-9-14(23-4)15(13)20/h5,7,9,12H,6,8,10H2,1-4H3. The van der Waals surface area contributed by atoms with Gasteiger partial charge in [0.05, 0.1) is 18.5 Å². The highest BCUT2D eigenvalue weighted by Gasteiger charge is 2.29. The molecule has 0 saturated heterocycles. The smallest absolute Gasteiger partial charge is 0.270 e. The Morgan fingerprint density at radius 2 is 2.17 bits per heavy atom. The van der Waals surface area contributed by atoms with Crippen LogP contribution >= 0.6 is 11.3 Å². The Balaban J connectivity index is 2.00. The van der Waals surface area contributed by atoms with Gasteiger partial charge in [-0.25, -0.2) is 4.98 Å². The van der Waals surface area contributed by atoms with Crippen LogP contribution in [0.2, 0.25) is 0 Å². The number of thiazole rings is 1. The molecule has 1 aromatic heterocycles. The van der Waals surface area contributed by atoms with Crippen molar-refractivity contribution >= 4 is 22.9 Å². The molecule has 0 fully saturated rings. The topological polar surface area (TPSA) is 51.7 Å². The van der Waals surface area contributed by atoms with Gasteiger partial charge in [-0.2, -0.15) is 0 Å². The zero-order valence-electron chi connectivity index (χ0n) is 14.5. The molecule has 0 spiro atoms. The number of fused-ring (bicyclic) bond motifs is 1. The molecule has 1 unspecified atom stereocenters. The fourth-order valence-electron chi connectivity index (χ4n) is 3.00. The molecule has 2 heterocycles. The van der Waals surface area contributed by atoms with Crippen molar-refractivity contribution in [1.82, 2.24) is 4.98 Å². The Morgan fingerprint density at radius 1 is 1.38 bits per heavy atom. The number of anilines is 1. The molecular formula is C18H22N2O3S. The van der Waals surface area contributed by atoms with E-state index in [1.165, 1.54) is 11.3 Å². The number of carbonyl (C=O) groups is 1. The third-order valence-corrected chi connectivity index (χ3v) is 5.66. The minimum absolute atomic E-state index is 0.00926. The molecule has 3 rings (SSSR count). The quantitative estimate of drug-likeness (QED) is 0.846. The number of hydrogen-bond acceptors (Lipinski definition) is 5. The van der Waals surface area contributed by atoms with Crippen LogP contribution in [0.1, 0.15) is 45.4 Å². The summed E-state index contributed by atoms with van der Waals surface area (Å²) >= 11 is 1.41. The summed E-state index contributed by atoms with van der Waals surface area (Å²) in [6, 6.07) is 5.94. The van der Waals surface area contributed by atoms with Crippen LogP contribution in [0.4, 0.5) is 5.69 Å². The zero-order chi connectivity index (χ0) is 17.3. The Bertz CT molecular complexity index is 742. The van der Waals surface area contributed by atoms with Crippen molar-refractivity contribution in [3.8, 4) is 5.75 Å². The van der Waals surface area contributed by atoms with Crippen molar-refractivity contribution in [2.45, 2.75) is 32.8 Å². The molecule has 6 heteroatoms. The van der Waals surface area contributed by atoms with E-state index in [1.807, 2.05) is 30.9 Å². The lowest BCUT2D eigenvalue weighted by Gasteiger charge is -2.30. The van der Waals surface area contributed by atoms with Crippen molar-refractivity contribution < 1.29 is 14.3 Å². The van der Waals surface area contributed by atoms with E-state index in [0.717, 1.165) is 40.5 Å². The van der Waals surface area contributed by atoms with Crippen molar-refractivity contribution in [2.75, 3.05) is 25.7 Å². The SMILES string of the molecule is COc1cccc2c1N(C(=O)c1sc(C(C)OC)nc1C)CCC2. The lowest BCUT2D eigenvalue weighted by atomic mass is 10.0. The molecule has 0 saturated carbocycles. The predicted molar refractivity (Wildman–Crippen MR) is 95.3 cm³/mol. The first kappa shape index (κ1) is 16.9. The summed E-state index contributed by atoms with van der Waals surface area (Å²) in [5.74, 6) is 0.734. The van der Waals surface area contributed by atoms with Crippen molar-refractivity contribution in [2.24, 2.45) is 0 Å². The van der Waals surface area contributed by atoms with E-state index in [-0.39, 0.29) is 12.0 Å². The largest absolute Gasteiger partial charge is 0.495 e. The number of benzene rings is 1. The van der Waals surface area contributed by atoms with E-state index >= 15 is 0 Å². The summed E-state index contributed by atoms with van der Waals surface area (Å²) in [4.78, 5) is 20.2. The summed E-state index contributed by atoms with van der Waals surface area (Å²) in [7, 11) is 3.29. The van der Waals surface area contributed by atoms with Crippen LogP contribution in [-0.2, 0) is 11.2 Å². The normalized spacial score (nSPS) is 15.1. The number of aromatic nitrogens is 1. The number of amides is 1. The van der Waals surface area contributed by atoms with Crippen LogP contribution in [0.3, 0.4) is 0 Å². The maximum Gasteiger partial charge on any atom is 0.270 e. The number of aryl methyl sites for hydroxylation is 2. The van der Waals surface area contributed by atoms with E-state index in [9.17, 15) is 4.79 Å². The number of hydrogen-bond donors (Lipinski definition) is 0. The van der Waals surface area contributed by atoms with Gasteiger partial charge in [-0.3, -0.25) is 4.79 Å². The maximum absolute atomic E-state index is 13.2. The van der Waals surface area contributed by atoms with E-state index in [2.05, 4.69) is 11.1 Å². The first-order chi connectivity index (χ1) is 11.6. The van der Waals surface area contributed by atoms with Gasteiger partial charge in [0.2, 0.25) is 0 Å². The highest BCUT2D eigenvalue weighted by Crippen LogP contribution is 2.38. The van der Waals surface area contributed by atoms with E-state index in [0.29, 0.717) is 11.4 Å². The summed E-state index contributed by atoms with van der Waals surface area (Å²) in [5.41, 5.74) is 2.80. The molecule has 1 aliphatic heterocycles. The second kappa shape index (κ2) is 6.91. The number of rotatable bonds is 4. The molecule has 2 aromatic rings. The fraction of sp³-hybridized carbons (Fsp3) is 0.444. The summed E-state index contributed by atoms with van der Waals surface area (Å²) in [5, 5.41) is 0.829. The molecule has 0 aliphatic carbocycles. The summed E-state index contributed by atoms with van der Waals surface area (Å²) in [6.07, 6.45) is 1.80. The van der Waals surface area contributed by atoms with Gasteiger partial charge >= 0.3 is 0 Å². The van der Waals surface area contributed by atoms with Gasteiger partial charge in [-0.1, -0.05) is 12.1 Å². The Kier molecular flexibility index (Phi) is 4.87. The van der Waals surface area contributed by atoms with Gasteiger partial charge in [-0.15, -0.1) is 11.3 Å². The number of ether oxygens (including phenoxy) is 2. The van der Waals surface area contributed by atoms with E-state index in [1.54, 1.807) is 14.2 Å². The number of nitrogens with zero attached hydrogens (tertiary/aromatic N) is 2. The third-order valence-electron chi connectivity index (χ3n) is 4.35. The van der Waals surface area contributed by atoms with Crippen molar-refractivity contribution in [1.29, 1.82) is 0 Å². The Hall–Kier alpha value is -1.92.